The molecule has 1 aliphatic heterocycles. The minimum atomic E-state index is -0.363. The highest BCUT2D eigenvalue weighted by Gasteiger charge is 2.25. The molecule has 0 radical (unpaired) electrons. The summed E-state index contributed by atoms with van der Waals surface area (Å²) in [6.07, 6.45) is 3.82. The second-order valence-electron chi connectivity index (χ2n) is 7.87. The van der Waals surface area contributed by atoms with Crippen molar-refractivity contribution in [2.24, 2.45) is 0 Å². The summed E-state index contributed by atoms with van der Waals surface area (Å²) in [6, 6.07) is 14.5. The summed E-state index contributed by atoms with van der Waals surface area (Å²) in [5.74, 6) is 7.60. The molecule has 3 heterocycles. The second-order valence-corrected chi connectivity index (χ2v) is 7.87. The molecule has 2 amide bonds. The number of aryl methyl sites for hydroxylation is 1. The lowest BCUT2D eigenvalue weighted by molar-refractivity contribution is 0.111. The average molecular weight is 441 g/mol. The number of urea groups is 1. The lowest BCUT2D eigenvalue weighted by Crippen LogP contribution is -2.39. The Morgan fingerprint density at radius 2 is 2.00 bits per heavy atom. The number of rotatable bonds is 4. The molecule has 0 saturated heterocycles. The van der Waals surface area contributed by atoms with Gasteiger partial charge in [0.25, 0.3) is 0 Å². The van der Waals surface area contributed by atoms with Gasteiger partial charge in [0.1, 0.15) is 23.1 Å². The Morgan fingerprint density at radius 1 is 1.18 bits per heavy atom. The molecular weight excluding hydrogens is 416 g/mol. The van der Waals surface area contributed by atoms with Crippen LogP contribution in [0.3, 0.4) is 0 Å². The molecule has 0 fully saturated rings. The molecule has 4 rings (SSSR count). The number of carbonyl (C=O) groups excluding carboxylic acids is 2. The van der Waals surface area contributed by atoms with E-state index in [9.17, 15) is 9.59 Å². The van der Waals surface area contributed by atoms with E-state index in [4.69, 9.17) is 4.74 Å². The molecule has 0 unspecified atom stereocenters. The Labute approximate surface area is 192 Å². The molecule has 2 aromatic heterocycles. The van der Waals surface area contributed by atoms with Crippen molar-refractivity contribution in [1.29, 1.82) is 0 Å². The monoisotopic (exact) mass is 440 g/mol. The lowest BCUT2D eigenvalue weighted by atomic mass is 10.1. The number of nitrogens with one attached hydrogen (secondary N) is 1. The fourth-order valence-electron chi connectivity index (χ4n) is 3.51. The van der Waals surface area contributed by atoms with E-state index in [-0.39, 0.29) is 12.1 Å². The lowest BCUT2D eigenvalue weighted by Gasteiger charge is -2.28. The van der Waals surface area contributed by atoms with Crippen molar-refractivity contribution in [2.45, 2.75) is 32.8 Å². The number of anilines is 2. The smallest absolute Gasteiger partial charge is 0.328 e. The molecule has 0 spiro atoms. The van der Waals surface area contributed by atoms with E-state index in [1.165, 1.54) is 0 Å². The standard InChI is InChI=1S/C26H24N4O3/c1-18(2)33-23-15-24(27-16-21(23)11-10-19-7-4-3-5-8-19)29-26(32)30-14-6-9-20-12-13-22(17-31)28-25(20)30/h3-5,7-8,12-13,15-18H,6,9,14H2,1-2H3,(H,27,29,32). The van der Waals surface area contributed by atoms with Gasteiger partial charge in [0.05, 0.1) is 11.7 Å². The summed E-state index contributed by atoms with van der Waals surface area (Å²) in [5.41, 5.74) is 2.74. The predicted octanol–water partition coefficient (Wildman–Crippen LogP) is 4.46. The highest BCUT2D eigenvalue weighted by Crippen LogP contribution is 2.27. The first-order valence-electron chi connectivity index (χ1n) is 10.8. The number of pyridine rings is 2. The molecular formula is C26H24N4O3. The number of benzene rings is 1. The van der Waals surface area contributed by atoms with Gasteiger partial charge in [-0.2, -0.15) is 0 Å². The van der Waals surface area contributed by atoms with Gasteiger partial charge in [0.15, 0.2) is 6.29 Å². The van der Waals surface area contributed by atoms with Crippen molar-refractivity contribution in [3.05, 3.63) is 77.1 Å². The Kier molecular flexibility index (Phi) is 6.65. The SMILES string of the molecule is CC(C)Oc1cc(NC(=O)N2CCCc3ccc(C=O)nc32)ncc1C#Cc1ccccc1. The highest BCUT2D eigenvalue weighted by molar-refractivity contribution is 6.01. The third kappa shape index (κ3) is 5.36. The quantitative estimate of drug-likeness (QED) is 0.478. The highest BCUT2D eigenvalue weighted by atomic mass is 16.5. The van der Waals surface area contributed by atoms with Gasteiger partial charge >= 0.3 is 6.03 Å². The van der Waals surface area contributed by atoms with Crippen molar-refractivity contribution in [3.63, 3.8) is 0 Å². The van der Waals surface area contributed by atoms with Gasteiger partial charge in [0, 0.05) is 24.4 Å². The molecule has 0 atom stereocenters. The van der Waals surface area contributed by atoms with Crippen LogP contribution in [0.1, 0.15) is 47.4 Å². The first-order chi connectivity index (χ1) is 16.0. The molecule has 0 bridgehead atoms. The Morgan fingerprint density at radius 3 is 2.76 bits per heavy atom. The number of fused-ring (bicyclic) bond motifs is 1. The minimum absolute atomic E-state index is 0.0758. The molecule has 1 N–H and O–H groups in total. The van der Waals surface area contributed by atoms with Crippen LogP contribution in [0.4, 0.5) is 16.4 Å². The van der Waals surface area contributed by atoms with Crippen LogP contribution in [-0.4, -0.2) is 34.9 Å². The van der Waals surface area contributed by atoms with Crippen molar-refractivity contribution in [3.8, 4) is 17.6 Å². The van der Waals surface area contributed by atoms with Crippen molar-refractivity contribution >= 4 is 24.0 Å². The molecule has 0 aliphatic carbocycles. The molecule has 0 saturated carbocycles. The maximum Gasteiger partial charge on any atom is 0.328 e. The molecule has 7 heteroatoms. The number of hydrogen-bond acceptors (Lipinski definition) is 5. The second kappa shape index (κ2) is 9.96. The number of carbonyl (C=O) groups is 2. The van der Waals surface area contributed by atoms with Crippen LogP contribution in [0.2, 0.25) is 0 Å². The van der Waals surface area contributed by atoms with Crippen LogP contribution in [0.5, 0.6) is 5.75 Å². The van der Waals surface area contributed by atoms with Gasteiger partial charge < -0.3 is 4.74 Å². The number of hydrogen-bond donors (Lipinski definition) is 1. The fourth-order valence-corrected chi connectivity index (χ4v) is 3.51. The van der Waals surface area contributed by atoms with E-state index in [1.54, 1.807) is 23.2 Å². The minimum Gasteiger partial charge on any atom is -0.490 e. The van der Waals surface area contributed by atoms with E-state index in [0.717, 1.165) is 24.0 Å². The number of aldehydes is 1. The first kappa shape index (κ1) is 22.0. The largest absolute Gasteiger partial charge is 0.490 e. The summed E-state index contributed by atoms with van der Waals surface area (Å²) in [7, 11) is 0. The molecule has 1 aromatic carbocycles. The van der Waals surface area contributed by atoms with Gasteiger partial charge in [-0.15, -0.1) is 0 Å². The summed E-state index contributed by atoms with van der Waals surface area (Å²) < 4.78 is 5.93. The van der Waals surface area contributed by atoms with E-state index < -0.39 is 0 Å². The van der Waals surface area contributed by atoms with Crippen LogP contribution in [0.15, 0.2) is 54.7 Å². The van der Waals surface area contributed by atoms with Crippen LogP contribution < -0.4 is 15.0 Å². The fraction of sp³-hybridized carbons (Fsp3) is 0.231. The van der Waals surface area contributed by atoms with Crippen LogP contribution in [-0.2, 0) is 6.42 Å². The number of nitrogens with zero attached hydrogens (tertiary/aromatic N) is 3. The molecule has 33 heavy (non-hydrogen) atoms. The van der Waals surface area contributed by atoms with Gasteiger partial charge in [-0.25, -0.2) is 14.8 Å². The maximum atomic E-state index is 13.0. The Hall–Kier alpha value is -4.18. The number of aromatic nitrogens is 2. The van der Waals surface area contributed by atoms with Gasteiger partial charge in [-0.3, -0.25) is 15.0 Å². The van der Waals surface area contributed by atoms with Crippen LogP contribution >= 0.6 is 0 Å². The van der Waals surface area contributed by atoms with E-state index in [1.807, 2.05) is 50.2 Å². The normalized spacial score (nSPS) is 12.4. The van der Waals surface area contributed by atoms with Crippen LogP contribution in [0.25, 0.3) is 0 Å². The summed E-state index contributed by atoms with van der Waals surface area (Å²) >= 11 is 0. The van der Waals surface area contributed by atoms with Crippen molar-refractivity contribution in [1.82, 2.24) is 9.97 Å². The van der Waals surface area contributed by atoms with Gasteiger partial charge in [-0.05, 0) is 50.5 Å². The summed E-state index contributed by atoms with van der Waals surface area (Å²) in [6.45, 7) is 4.35. The summed E-state index contributed by atoms with van der Waals surface area (Å²) in [5, 5.41) is 2.82. The average Bonchev–Trinajstić information content (AvgIpc) is 2.83. The topological polar surface area (TPSA) is 84.4 Å². The third-order valence-electron chi connectivity index (χ3n) is 5.01. The zero-order valence-corrected chi connectivity index (χ0v) is 18.5. The zero-order chi connectivity index (χ0) is 23.2. The molecule has 7 nitrogen and oxygen atoms in total. The summed E-state index contributed by atoms with van der Waals surface area (Å²) in [4.78, 5) is 34.4. The molecule has 1 aliphatic rings. The van der Waals surface area contributed by atoms with Gasteiger partial charge in [0.2, 0.25) is 0 Å². The zero-order valence-electron chi connectivity index (χ0n) is 18.5. The van der Waals surface area contributed by atoms with E-state index >= 15 is 0 Å². The molecule has 3 aromatic rings. The van der Waals surface area contributed by atoms with Crippen LogP contribution in [0, 0.1) is 11.8 Å². The third-order valence-corrected chi connectivity index (χ3v) is 5.01. The van der Waals surface area contributed by atoms with Crippen molar-refractivity contribution in [2.75, 3.05) is 16.8 Å². The predicted molar refractivity (Wildman–Crippen MR) is 127 cm³/mol. The maximum absolute atomic E-state index is 13.0. The first-order valence-corrected chi connectivity index (χ1v) is 10.8. The Bertz CT molecular complexity index is 1230. The number of amides is 2. The number of ether oxygens (including phenoxy) is 1. The van der Waals surface area contributed by atoms with Crippen molar-refractivity contribution < 1.29 is 14.3 Å². The van der Waals surface area contributed by atoms with E-state index in [2.05, 4.69) is 27.1 Å². The Balaban J connectivity index is 1.58. The van der Waals surface area contributed by atoms with E-state index in [0.29, 0.717) is 41.5 Å². The van der Waals surface area contributed by atoms with Gasteiger partial charge in [-0.1, -0.05) is 36.1 Å². The molecule has 166 valence electrons.